The van der Waals surface area contributed by atoms with Crippen LogP contribution in [0.5, 0.6) is 0 Å². The summed E-state index contributed by atoms with van der Waals surface area (Å²) < 4.78 is 0. The van der Waals surface area contributed by atoms with Gasteiger partial charge < -0.3 is 11.1 Å². The number of nitrogens with zero attached hydrogens (tertiary/aromatic N) is 2. The van der Waals surface area contributed by atoms with Crippen molar-refractivity contribution in [1.29, 1.82) is 0 Å². The van der Waals surface area contributed by atoms with Gasteiger partial charge in [-0.2, -0.15) is 0 Å². The number of nitrogen functional groups attached to an aromatic ring is 1. The van der Waals surface area contributed by atoms with Gasteiger partial charge in [0.15, 0.2) is 5.69 Å². The van der Waals surface area contributed by atoms with E-state index in [-0.39, 0.29) is 11.8 Å². The van der Waals surface area contributed by atoms with E-state index in [4.69, 9.17) is 5.73 Å². The van der Waals surface area contributed by atoms with Crippen LogP contribution in [-0.2, 0) is 0 Å². The van der Waals surface area contributed by atoms with E-state index in [9.17, 15) is 4.79 Å². The van der Waals surface area contributed by atoms with Crippen LogP contribution < -0.4 is 11.1 Å². The normalized spacial score (nSPS) is 14.7. The van der Waals surface area contributed by atoms with Gasteiger partial charge in [0.2, 0.25) is 0 Å². The van der Waals surface area contributed by atoms with Crippen LogP contribution in [0.15, 0.2) is 6.20 Å². The van der Waals surface area contributed by atoms with Crippen LogP contribution in [0.4, 0.5) is 5.69 Å². The number of anilines is 1. The molecule has 1 fully saturated rings. The van der Waals surface area contributed by atoms with Crippen molar-refractivity contribution in [3.63, 3.8) is 0 Å². The minimum absolute atomic E-state index is 0.182. The molecule has 0 bridgehead atoms. The predicted octanol–water partition coefficient (Wildman–Crippen LogP) is 2.10. The minimum Gasteiger partial charge on any atom is -0.396 e. The summed E-state index contributed by atoms with van der Waals surface area (Å²) in [5.74, 6) is 1.53. The van der Waals surface area contributed by atoms with Gasteiger partial charge in [0.05, 0.1) is 11.9 Å². The Kier molecular flexibility index (Phi) is 4.35. The van der Waals surface area contributed by atoms with Gasteiger partial charge in [-0.15, -0.1) is 0 Å². The lowest BCUT2D eigenvalue weighted by molar-refractivity contribution is 0.0948. The molecular formula is C14H22N4O. The fourth-order valence-electron chi connectivity index (χ4n) is 1.95. The maximum absolute atomic E-state index is 12.0. The second kappa shape index (κ2) is 5.99. The molecule has 0 atom stereocenters. The number of hydrogen-bond acceptors (Lipinski definition) is 4. The highest BCUT2D eigenvalue weighted by Gasteiger charge is 2.20. The highest BCUT2D eigenvalue weighted by atomic mass is 16.1. The van der Waals surface area contributed by atoms with E-state index < -0.39 is 0 Å². The van der Waals surface area contributed by atoms with Gasteiger partial charge in [-0.1, -0.05) is 26.7 Å². The third-order valence-electron chi connectivity index (χ3n) is 3.34. The molecule has 104 valence electrons. The summed E-state index contributed by atoms with van der Waals surface area (Å²) in [6.07, 6.45) is 6.45. The molecule has 0 aliphatic heterocycles. The number of carbonyl (C=O) groups is 1. The highest BCUT2D eigenvalue weighted by molar-refractivity contribution is 5.96. The molecule has 0 spiro atoms. The number of amides is 1. The zero-order chi connectivity index (χ0) is 13.8. The summed E-state index contributed by atoms with van der Waals surface area (Å²) in [5, 5.41) is 2.88. The summed E-state index contributed by atoms with van der Waals surface area (Å²) in [7, 11) is 0. The first-order valence-electron chi connectivity index (χ1n) is 6.98. The van der Waals surface area contributed by atoms with Crippen LogP contribution in [0.2, 0.25) is 0 Å². The number of rotatable bonds is 6. The number of carbonyl (C=O) groups excluding carboxylic acids is 1. The van der Waals surface area contributed by atoms with Gasteiger partial charge >= 0.3 is 0 Å². The van der Waals surface area contributed by atoms with Crippen molar-refractivity contribution in [3.8, 4) is 0 Å². The molecular weight excluding hydrogens is 240 g/mol. The quantitative estimate of drug-likeness (QED) is 0.769. The van der Waals surface area contributed by atoms with Gasteiger partial charge in [-0.05, 0) is 18.8 Å². The molecule has 3 N–H and O–H groups in total. The van der Waals surface area contributed by atoms with Gasteiger partial charge in [0, 0.05) is 12.5 Å². The van der Waals surface area contributed by atoms with Gasteiger partial charge in [0.25, 0.3) is 5.91 Å². The lowest BCUT2D eigenvalue weighted by Crippen LogP contribution is -2.27. The van der Waals surface area contributed by atoms with E-state index in [2.05, 4.69) is 15.3 Å². The average molecular weight is 262 g/mol. The van der Waals surface area contributed by atoms with Crippen LogP contribution in [0.3, 0.4) is 0 Å². The van der Waals surface area contributed by atoms with E-state index >= 15 is 0 Å². The molecule has 2 rings (SSSR count). The molecule has 19 heavy (non-hydrogen) atoms. The van der Waals surface area contributed by atoms with E-state index in [0.29, 0.717) is 23.8 Å². The van der Waals surface area contributed by atoms with E-state index in [0.717, 1.165) is 12.3 Å². The van der Waals surface area contributed by atoms with Crippen LogP contribution >= 0.6 is 0 Å². The molecule has 1 aromatic heterocycles. The Balaban J connectivity index is 1.90. The largest absolute Gasteiger partial charge is 0.396 e. The van der Waals surface area contributed by atoms with Crippen LogP contribution in [0.25, 0.3) is 0 Å². The number of aromatic nitrogens is 2. The molecule has 5 nitrogen and oxygen atoms in total. The highest BCUT2D eigenvalue weighted by Crippen LogP contribution is 2.33. The minimum atomic E-state index is -0.197. The van der Waals surface area contributed by atoms with Gasteiger partial charge in [-0.3, -0.25) is 4.79 Å². The van der Waals surface area contributed by atoms with Crippen molar-refractivity contribution in [3.05, 3.63) is 17.7 Å². The maximum Gasteiger partial charge on any atom is 0.272 e. The van der Waals surface area contributed by atoms with Crippen molar-refractivity contribution < 1.29 is 4.79 Å². The van der Waals surface area contributed by atoms with Crippen molar-refractivity contribution in [2.75, 3.05) is 12.3 Å². The predicted molar refractivity (Wildman–Crippen MR) is 74.8 cm³/mol. The van der Waals surface area contributed by atoms with Gasteiger partial charge in [0.1, 0.15) is 5.82 Å². The molecule has 5 heteroatoms. The molecule has 1 aliphatic carbocycles. The molecule has 0 unspecified atom stereocenters. The molecule has 1 saturated carbocycles. The summed E-state index contributed by atoms with van der Waals surface area (Å²) in [6.45, 7) is 4.67. The number of nitrogens with two attached hydrogens (primary N) is 1. The first-order chi connectivity index (χ1) is 9.08. The zero-order valence-corrected chi connectivity index (χ0v) is 11.6. The zero-order valence-electron chi connectivity index (χ0n) is 11.6. The Labute approximate surface area is 114 Å². The van der Waals surface area contributed by atoms with Crippen molar-refractivity contribution in [1.82, 2.24) is 15.3 Å². The smallest absolute Gasteiger partial charge is 0.272 e. The summed E-state index contributed by atoms with van der Waals surface area (Å²) >= 11 is 0. The van der Waals surface area contributed by atoms with Crippen LogP contribution in [0.1, 0.15) is 61.8 Å². The fourth-order valence-corrected chi connectivity index (χ4v) is 1.95. The van der Waals surface area contributed by atoms with Crippen molar-refractivity contribution in [2.45, 2.75) is 45.4 Å². The van der Waals surface area contributed by atoms with Crippen LogP contribution in [-0.4, -0.2) is 22.4 Å². The monoisotopic (exact) mass is 262 g/mol. The van der Waals surface area contributed by atoms with Gasteiger partial charge in [-0.25, -0.2) is 9.97 Å². The lowest BCUT2D eigenvalue weighted by Gasteiger charge is -2.09. The Hall–Kier alpha value is -1.65. The van der Waals surface area contributed by atoms with Crippen molar-refractivity contribution in [2.24, 2.45) is 5.92 Å². The third kappa shape index (κ3) is 3.91. The lowest BCUT2D eigenvalue weighted by atomic mass is 10.2. The standard InChI is InChI=1S/C14H22N4O/c1-9(2)13-17-8-11(15)12(18-13)14(19)16-7-3-4-10-5-6-10/h8-10H,3-7,15H2,1-2H3,(H,16,19). The molecule has 1 amide bonds. The van der Waals surface area contributed by atoms with E-state index in [1.165, 1.54) is 25.5 Å². The number of nitrogens with one attached hydrogen (secondary N) is 1. The second-order valence-corrected chi connectivity index (χ2v) is 5.53. The molecule has 0 aromatic carbocycles. The topological polar surface area (TPSA) is 80.9 Å². The molecule has 1 heterocycles. The molecule has 0 radical (unpaired) electrons. The number of hydrogen-bond donors (Lipinski definition) is 2. The Morgan fingerprint density at radius 1 is 1.53 bits per heavy atom. The van der Waals surface area contributed by atoms with Crippen molar-refractivity contribution >= 4 is 11.6 Å². The third-order valence-corrected chi connectivity index (χ3v) is 3.34. The summed E-state index contributed by atoms with van der Waals surface area (Å²) in [5.41, 5.74) is 6.40. The fraction of sp³-hybridized carbons (Fsp3) is 0.643. The first kappa shape index (κ1) is 13.8. The Bertz CT molecular complexity index is 455. The summed E-state index contributed by atoms with van der Waals surface area (Å²) in [6, 6.07) is 0. The van der Waals surface area contributed by atoms with Crippen LogP contribution in [0, 0.1) is 5.92 Å². The summed E-state index contributed by atoms with van der Waals surface area (Å²) in [4.78, 5) is 20.4. The maximum atomic E-state index is 12.0. The molecule has 0 saturated heterocycles. The first-order valence-corrected chi connectivity index (χ1v) is 6.98. The second-order valence-electron chi connectivity index (χ2n) is 5.53. The molecule has 1 aliphatic rings. The molecule has 1 aromatic rings. The average Bonchev–Trinajstić information content (AvgIpc) is 3.18. The van der Waals surface area contributed by atoms with E-state index in [1.807, 2.05) is 13.8 Å². The Morgan fingerprint density at radius 3 is 2.89 bits per heavy atom. The Morgan fingerprint density at radius 2 is 2.26 bits per heavy atom. The van der Waals surface area contributed by atoms with E-state index in [1.54, 1.807) is 0 Å². The SMILES string of the molecule is CC(C)c1ncc(N)c(C(=O)NCCCC2CC2)n1.